The summed E-state index contributed by atoms with van der Waals surface area (Å²) < 4.78 is 47.7. The number of aryl methyl sites for hydroxylation is 2. The molecule has 0 radical (unpaired) electrons. The molecule has 0 saturated carbocycles. The fourth-order valence-corrected chi connectivity index (χ4v) is 3.20. The Morgan fingerprint density at radius 1 is 1.04 bits per heavy atom. The number of halogens is 3. The van der Waals surface area contributed by atoms with E-state index in [2.05, 4.69) is 4.74 Å². The lowest BCUT2D eigenvalue weighted by atomic mass is 10.0. The molecule has 0 fully saturated rings. The number of alkyl halides is 3. The molecule has 0 atom stereocenters. The van der Waals surface area contributed by atoms with Gasteiger partial charge in [0.05, 0.1) is 12.7 Å². The van der Waals surface area contributed by atoms with Crippen LogP contribution in [0, 0.1) is 13.8 Å². The van der Waals surface area contributed by atoms with Crippen molar-refractivity contribution in [1.29, 1.82) is 0 Å². The van der Waals surface area contributed by atoms with Crippen LogP contribution in [-0.2, 0) is 10.9 Å². The first-order chi connectivity index (χ1) is 12.7. The summed E-state index contributed by atoms with van der Waals surface area (Å²) >= 11 is 0. The Kier molecular flexibility index (Phi) is 4.83. The first-order valence-corrected chi connectivity index (χ1v) is 8.28. The molecule has 3 aromatic rings. The van der Waals surface area contributed by atoms with Crippen LogP contribution in [0.25, 0.3) is 16.8 Å². The fourth-order valence-electron chi connectivity index (χ4n) is 3.20. The molecule has 0 saturated heterocycles. The summed E-state index contributed by atoms with van der Waals surface area (Å²) in [6, 6.07) is 13.7. The Bertz CT molecular complexity index is 989. The molecular formula is C21H18F3NO2. The van der Waals surface area contributed by atoms with Gasteiger partial charge in [0.1, 0.15) is 5.69 Å². The van der Waals surface area contributed by atoms with Gasteiger partial charge in [-0.25, -0.2) is 4.79 Å². The van der Waals surface area contributed by atoms with Crippen molar-refractivity contribution in [1.82, 2.24) is 4.57 Å². The highest BCUT2D eigenvalue weighted by atomic mass is 19.4. The number of hydrogen-bond acceptors (Lipinski definition) is 2. The molecule has 0 bridgehead atoms. The molecule has 3 nitrogen and oxygen atoms in total. The first-order valence-electron chi connectivity index (χ1n) is 8.28. The molecule has 27 heavy (non-hydrogen) atoms. The van der Waals surface area contributed by atoms with Crippen LogP contribution in [-0.4, -0.2) is 17.6 Å². The molecule has 0 aliphatic heterocycles. The first kappa shape index (κ1) is 18.8. The van der Waals surface area contributed by atoms with Gasteiger partial charge in [-0.1, -0.05) is 48.0 Å². The highest BCUT2D eigenvalue weighted by Crippen LogP contribution is 2.40. The molecule has 6 heteroatoms. The highest BCUT2D eigenvalue weighted by Gasteiger charge is 2.42. The van der Waals surface area contributed by atoms with Gasteiger partial charge in [0.2, 0.25) is 0 Å². The van der Waals surface area contributed by atoms with E-state index in [-0.39, 0.29) is 5.56 Å². The monoisotopic (exact) mass is 373 g/mol. The normalized spacial score (nSPS) is 11.5. The summed E-state index contributed by atoms with van der Waals surface area (Å²) in [5.41, 5.74) is 1.12. The van der Waals surface area contributed by atoms with Crippen LogP contribution < -0.4 is 0 Å². The van der Waals surface area contributed by atoms with Crippen molar-refractivity contribution in [2.75, 3.05) is 7.11 Å². The Morgan fingerprint density at radius 2 is 1.70 bits per heavy atom. The van der Waals surface area contributed by atoms with Crippen LogP contribution >= 0.6 is 0 Å². The Labute approximate surface area is 155 Å². The van der Waals surface area contributed by atoms with Gasteiger partial charge in [-0.15, -0.1) is 0 Å². The van der Waals surface area contributed by atoms with Crippen LogP contribution in [0.3, 0.4) is 0 Å². The van der Waals surface area contributed by atoms with Crippen molar-refractivity contribution in [3.63, 3.8) is 0 Å². The summed E-state index contributed by atoms with van der Waals surface area (Å²) in [7, 11) is 1.08. The minimum atomic E-state index is -4.74. The van der Waals surface area contributed by atoms with Gasteiger partial charge in [0, 0.05) is 17.4 Å². The van der Waals surface area contributed by atoms with Gasteiger partial charge < -0.3 is 9.30 Å². The average molecular weight is 373 g/mol. The fraction of sp³-hybridized carbons (Fsp3) is 0.190. The number of nitrogens with zero attached hydrogens (tertiary/aromatic N) is 1. The third-order valence-corrected chi connectivity index (χ3v) is 4.36. The lowest BCUT2D eigenvalue weighted by Crippen LogP contribution is -2.18. The molecule has 0 aliphatic carbocycles. The van der Waals surface area contributed by atoms with E-state index >= 15 is 0 Å². The number of aromatic nitrogens is 1. The quantitative estimate of drug-likeness (QED) is 0.562. The minimum absolute atomic E-state index is 0.176. The Morgan fingerprint density at radius 3 is 2.26 bits per heavy atom. The van der Waals surface area contributed by atoms with E-state index in [0.717, 1.165) is 17.2 Å². The number of carbonyl (C=O) groups excluding carboxylic acids is 1. The van der Waals surface area contributed by atoms with Gasteiger partial charge in [0.15, 0.2) is 0 Å². The van der Waals surface area contributed by atoms with Crippen LogP contribution in [0.15, 0.2) is 54.7 Å². The molecule has 0 amide bonds. The number of rotatable bonds is 3. The summed E-state index contributed by atoms with van der Waals surface area (Å²) in [6.45, 7) is 3.61. The summed E-state index contributed by atoms with van der Waals surface area (Å²) in [6.07, 6.45) is -3.39. The summed E-state index contributed by atoms with van der Waals surface area (Å²) in [4.78, 5) is 12.3. The maximum Gasteiger partial charge on any atom is 0.432 e. The van der Waals surface area contributed by atoms with Gasteiger partial charge in [-0.2, -0.15) is 13.2 Å². The predicted octanol–water partition coefficient (Wildman–Crippen LogP) is 5.57. The van der Waals surface area contributed by atoms with Crippen molar-refractivity contribution in [2.45, 2.75) is 20.0 Å². The molecule has 0 unspecified atom stereocenters. The van der Waals surface area contributed by atoms with E-state index in [9.17, 15) is 18.0 Å². The second-order valence-electron chi connectivity index (χ2n) is 6.28. The summed E-state index contributed by atoms with van der Waals surface area (Å²) in [5, 5.41) is 0. The molecule has 140 valence electrons. The largest absolute Gasteiger partial charge is 0.465 e. The van der Waals surface area contributed by atoms with E-state index in [0.29, 0.717) is 16.8 Å². The third-order valence-electron chi connectivity index (χ3n) is 4.36. The second kappa shape index (κ2) is 6.95. The second-order valence-corrected chi connectivity index (χ2v) is 6.28. The Hall–Kier alpha value is -3.02. The van der Waals surface area contributed by atoms with Gasteiger partial charge in [0.25, 0.3) is 0 Å². The van der Waals surface area contributed by atoms with E-state index in [1.54, 1.807) is 55.5 Å². The molecule has 1 heterocycles. The SMILES string of the molecule is COC(=O)c1c(-c2ccccc2)cn(-c2ccc(C)cc2C)c1C(F)(F)F. The van der Waals surface area contributed by atoms with Crippen LogP contribution in [0.5, 0.6) is 0 Å². The summed E-state index contributed by atoms with van der Waals surface area (Å²) in [5.74, 6) is -1.02. The maximum absolute atomic E-state index is 14.0. The van der Waals surface area contributed by atoms with Gasteiger partial charge >= 0.3 is 12.1 Å². The van der Waals surface area contributed by atoms with Crippen molar-refractivity contribution < 1.29 is 22.7 Å². The van der Waals surface area contributed by atoms with Crippen molar-refractivity contribution in [3.05, 3.63) is 77.1 Å². The van der Waals surface area contributed by atoms with Crippen molar-refractivity contribution >= 4 is 5.97 Å². The van der Waals surface area contributed by atoms with E-state index in [1.165, 1.54) is 6.20 Å². The zero-order valence-corrected chi connectivity index (χ0v) is 15.1. The van der Waals surface area contributed by atoms with Crippen molar-refractivity contribution in [2.24, 2.45) is 0 Å². The lowest BCUT2D eigenvalue weighted by Gasteiger charge is -2.16. The molecule has 0 aliphatic rings. The minimum Gasteiger partial charge on any atom is -0.465 e. The number of methoxy groups -OCH3 is 1. The number of benzene rings is 2. The van der Waals surface area contributed by atoms with Crippen LogP contribution in [0.2, 0.25) is 0 Å². The molecule has 0 N–H and O–H groups in total. The van der Waals surface area contributed by atoms with Crippen LogP contribution in [0.1, 0.15) is 27.2 Å². The predicted molar refractivity (Wildman–Crippen MR) is 97.0 cm³/mol. The third kappa shape index (κ3) is 3.47. The van der Waals surface area contributed by atoms with E-state index in [1.807, 2.05) is 6.92 Å². The highest BCUT2D eigenvalue weighted by molar-refractivity contribution is 5.99. The average Bonchev–Trinajstić information content (AvgIpc) is 3.02. The standard InChI is InChI=1S/C21H18F3NO2/c1-13-9-10-17(14(2)11-13)25-12-16(15-7-5-4-6-8-15)18(20(26)27-3)19(25)21(22,23)24/h4-12H,1-3H3. The number of hydrogen-bond donors (Lipinski definition) is 0. The smallest absolute Gasteiger partial charge is 0.432 e. The van der Waals surface area contributed by atoms with E-state index < -0.39 is 23.4 Å². The van der Waals surface area contributed by atoms with Crippen LogP contribution in [0.4, 0.5) is 13.2 Å². The maximum atomic E-state index is 14.0. The number of carbonyl (C=O) groups is 1. The molecular weight excluding hydrogens is 355 g/mol. The molecule has 3 rings (SSSR count). The number of ether oxygens (including phenoxy) is 1. The zero-order chi connectivity index (χ0) is 19.8. The number of esters is 1. The molecule has 0 spiro atoms. The van der Waals surface area contributed by atoms with Gasteiger partial charge in [-0.05, 0) is 31.0 Å². The van der Waals surface area contributed by atoms with Crippen molar-refractivity contribution in [3.8, 4) is 16.8 Å². The topological polar surface area (TPSA) is 31.2 Å². The molecule has 1 aromatic heterocycles. The van der Waals surface area contributed by atoms with E-state index in [4.69, 9.17) is 0 Å². The Balaban J connectivity index is 2.40. The lowest BCUT2D eigenvalue weighted by molar-refractivity contribution is -0.142. The van der Waals surface area contributed by atoms with Gasteiger partial charge in [-0.3, -0.25) is 0 Å². The zero-order valence-electron chi connectivity index (χ0n) is 15.1. The molecule has 2 aromatic carbocycles.